The van der Waals surface area contributed by atoms with Gasteiger partial charge in [0.1, 0.15) is 5.82 Å². The first-order valence-corrected chi connectivity index (χ1v) is 8.68. The number of hydrogen-bond acceptors (Lipinski definition) is 4. The molecule has 0 spiro atoms. The van der Waals surface area contributed by atoms with Crippen LogP contribution < -0.4 is 10.2 Å². The first-order valence-electron chi connectivity index (χ1n) is 8.30. The Kier molecular flexibility index (Phi) is 5.73. The SMILES string of the molecule is O=C(COC(=O)c1cc(Cl)ccc1F)Nc1ccc(N2CCCC2)cc1. The number of nitrogens with one attached hydrogen (secondary N) is 1. The summed E-state index contributed by atoms with van der Waals surface area (Å²) < 4.78 is 18.4. The number of ether oxygens (including phenoxy) is 1. The Hall–Kier alpha value is -2.60. The predicted molar refractivity (Wildman–Crippen MR) is 98.2 cm³/mol. The maximum atomic E-state index is 13.6. The zero-order valence-corrected chi connectivity index (χ0v) is 14.8. The molecule has 1 saturated heterocycles. The standard InChI is InChI=1S/C19H18ClFN2O3/c20-13-3-8-17(21)16(11-13)19(25)26-12-18(24)22-14-4-6-15(7-5-14)23-9-1-2-10-23/h3-8,11H,1-2,9-10,12H2,(H,22,24). The third-order valence-corrected chi connectivity index (χ3v) is 4.34. The molecule has 0 saturated carbocycles. The molecular weight excluding hydrogens is 359 g/mol. The second-order valence-corrected chi connectivity index (χ2v) is 6.43. The average Bonchev–Trinajstić information content (AvgIpc) is 3.17. The normalized spacial score (nSPS) is 13.5. The van der Waals surface area contributed by atoms with E-state index >= 15 is 0 Å². The van der Waals surface area contributed by atoms with Crippen molar-refractivity contribution in [1.29, 1.82) is 0 Å². The fourth-order valence-electron chi connectivity index (χ4n) is 2.79. The molecule has 0 bridgehead atoms. The predicted octanol–water partition coefficient (Wildman–Crippen LogP) is 3.87. The number of nitrogens with zero attached hydrogens (tertiary/aromatic N) is 1. The first kappa shape index (κ1) is 18.2. The maximum absolute atomic E-state index is 13.6. The van der Waals surface area contributed by atoms with Gasteiger partial charge < -0.3 is 15.0 Å². The number of rotatable bonds is 5. The van der Waals surface area contributed by atoms with Gasteiger partial charge in [0.2, 0.25) is 0 Å². The number of anilines is 2. The van der Waals surface area contributed by atoms with Gasteiger partial charge in [0.25, 0.3) is 5.91 Å². The lowest BCUT2D eigenvalue weighted by atomic mass is 10.2. The zero-order valence-electron chi connectivity index (χ0n) is 14.0. The van der Waals surface area contributed by atoms with Gasteiger partial charge in [-0.25, -0.2) is 9.18 Å². The lowest BCUT2D eigenvalue weighted by Gasteiger charge is -2.17. The van der Waals surface area contributed by atoms with Crippen LogP contribution in [0, 0.1) is 5.82 Å². The molecule has 0 radical (unpaired) electrons. The summed E-state index contributed by atoms with van der Waals surface area (Å²) in [5.74, 6) is -2.20. The van der Waals surface area contributed by atoms with Crippen molar-refractivity contribution in [1.82, 2.24) is 0 Å². The summed E-state index contributed by atoms with van der Waals surface area (Å²) in [7, 11) is 0. The van der Waals surface area contributed by atoms with Crippen molar-refractivity contribution in [3.8, 4) is 0 Å². The Morgan fingerprint density at radius 3 is 2.50 bits per heavy atom. The third-order valence-electron chi connectivity index (χ3n) is 4.10. The minimum atomic E-state index is -0.940. The molecule has 5 nitrogen and oxygen atoms in total. The minimum absolute atomic E-state index is 0.209. The van der Waals surface area contributed by atoms with Crippen molar-refractivity contribution < 1.29 is 18.7 Å². The van der Waals surface area contributed by atoms with Crippen LogP contribution in [0.25, 0.3) is 0 Å². The molecule has 1 N–H and O–H groups in total. The van der Waals surface area contributed by atoms with Gasteiger partial charge >= 0.3 is 5.97 Å². The highest BCUT2D eigenvalue weighted by Crippen LogP contribution is 2.22. The van der Waals surface area contributed by atoms with Crippen LogP contribution >= 0.6 is 11.6 Å². The third kappa shape index (κ3) is 4.52. The molecular formula is C19H18ClFN2O3. The van der Waals surface area contributed by atoms with Crippen molar-refractivity contribution in [2.75, 3.05) is 29.9 Å². The Balaban J connectivity index is 1.52. The number of halogens is 2. The minimum Gasteiger partial charge on any atom is -0.452 e. The Labute approximate surface area is 155 Å². The molecule has 1 aliphatic rings. The van der Waals surface area contributed by atoms with E-state index < -0.39 is 24.3 Å². The first-order chi connectivity index (χ1) is 12.5. The Morgan fingerprint density at radius 2 is 1.81 bits per heavy atom. The smallest absolute Gasteiger partial charge is 0.341 e. The van der Waals surface area contributed by atoms with Crippen molar-refractivity contribution in [2.24, 2.45) is 0 Å². The van der Waals surface area contributed by atoms with E-state index in [9.17, 15) is 14.0 Å². The molecule has 0 aliphatic carbocycles. The van der Waals surface area contributed by atoms with Crippen LogP contribution in [0.1, 0.15) is 23.2 Å². The summed E-state index contributed by atoms with van der Waals surface area (Å²) >= 11 is 5.73. The highest BCUT2D eigenvalue weighted by molar-refractivity contribution is 6.30. The summed E-state index contributed by atoms with van der Waals surface area (Å²) in [6.07, 6.45) is 2.38. The molecule has 1 fully saturated rings. The summed E-state index contributed by atoms with van der Waals surface area (Å²) in [4.78, 5) is 26.1. The van der Waals surface area contributed by atoms with E-state index in [0.717, 1.165) is 30.9 Å². The lowest BCUT2D eigenvalue weighted by molar-refractivity contribution is -0.119. The summed E-state index contributed by atoms with van der Waals surface area (Å²) in [6.45, 7) is 1.57. The number of amides is 1. The van der Waals surface area contributed by atoms with Crippen LogP contribution in [-0.2, 0) is 9.53 Å². The van der Waals surface area contributed by atoms with Crippen molar-refractivity contribution in [2.45, 2.75) is 12.8 Å². The highest BCUT2D eigenvalue weighted by Gasteiger charge is 2.16. The molecule has 1 heterocycles. The van der Waals surface area contributed by atoms with Crippen molar-refractivity contribution in [3.63, 3.8) is 0 Å². The van der Waals surface area contributed by atoms with Gasteiger partial charge in [-0.05, 0) is 55.3 Å². The van der Waals surface area contributed by atoms with Crippen molar-refractivity contribution in [3.05, 3.63) is 58.9 Å². The van der Waals surface area contributed by atoms with Gasteiger partial charge in [-0.3, -0.25) is 4.79 Å². The van der Waals surface area contributed by atoms with Crippen LogP contribution in [0.4, 0.5) is 15.8 Å². The molecule has 0 atom stereocenters. The Morgan fingerprint density at radius 1 is 1.12 bits per heavy atom. The number of hydrogen-bond donors (Lipinski definition) is 1. The van der Waals surface area contributed by atoms with Gasteiger partial charge in [0, 0.05) is 29.5 Å². The Bertz CT molecular complexity index is 805. The van der Waals surface area contributed by atoms with Gasteiger partial charge in [-0.1, -0.05) is 11.6 Å². The van der Waals surface area contributed by atoms with Gasteiger partial charge in [-0.2, -0.15) is 0 Å². The quantitative estimate of drug-likeness (QED) is 0.805. The molecule has 0 aromatic heterocycles. The fraction of sp³-hybridized carbons (Fsp3) is 0.263. The highest BCUT2D eigenvalue weighted by atomic mass is 35.5. The van der Waals surface area contributed by atoms with E-state index in [2.05, 4.69) is 10.2 Å². The molecule has 1 aliphatic heterocycles. The average molecular weight is 377 g/mol. The van der Waals surface area contributed by atoms with Crippen molar-refractivity contribution >= 4 is 34.9 Å². The van der Waals surface area contributed by atoms with Crippen LogP contribution in [0.3, 0.4) is 0 Å². The number of carbonyl (C=O) groups excluding carboxylic acids is 2. The van der Waals surface area contributed by atoms with E-state index in [0.29, 0.717) is 5.69 Å². The molecule has 136 valence electrons. The van der Waals surface area contributed by atoms with Crippen LogP contribution in [0.2, 0.25) is 5.02 Å². The number of carbonyl (C=O) groups is 2. The van der Waals surface area contributed by atoms with E-state index in [4.69, 9.17) is 16.3 Å². The molecule has 3 rings (SSSR count). The maximum Gasteiger partial charge on any atom is 0.341 e. The number of benzene rings is 2. The van der Waals surface area contributed by atoms with Crippen LogP contribution in [0.5, 0.6) is 0 Å². The molecule has 2 aromatic rings. The van der Waals surface area contributed by atoms with Gasteiger partial charge in [-0.15, -0.1) is 0 Å². The second-order valence-electron chi connectivity index (χ2n) is 5.99. The second kappa shape index (κ2) is 8.19. The summed E-state index contributed by atoms with van der Waals surface area (Å²) in [5.41, 5.74) is 1.41. The molecule has 2 aromatic carbocycles. The van der Waals surface area contributed by atoms with E-state index in [1.165, 1.54) is 18.9 Å². The molecule has 26 heavy (non-hydrogen) atoms. The lowest BCUT2D eigenvalue weighted by Crippen LogP contribution is -2.21. The van der Waals surface area contributed by atoms with E-state index in [-0.39, 0.29) is 10.6 Å². The van der Waals surface area contributed by atoms with Crippen LogP contribution in [-0.4, -0.2) is 31.6 Å². The van der Waals surface area contributed by atoms with E-state index in [1.54, 1.807) is 12.1 Å². The number of esters is 1. The van der Waals surface area contributed by atoms with Gasteiger partial charge in [0.05, 0.1) is 5.56 Å². The van der Waals surface area contributed by atoms with Crippen LogP contribution in [0.15, 0.2) is 42.5 Å². The monoisotopic (exact) mass is 376 g/mol. The molecule has 1 amide bonds. The topological polar surface area (TPSA) is 58.6 Å². The molecule has 7 heteroatoms. The van der Waals surface area contributed by atoms with E-state index in [1.807, 2.05) is 12.1 Å². The molecule has 0 unspecified atom stereocenters. The largest absolute Gasteiger partial charge is 0.452 e. The zero-order chi connectivity index (χ0) is 18.5. The summed E-state index contributed by atoms with van der Waals surface area (Å²) in [5, 5.41) is 2.85. The fourth-order valence-corrected chi connectivity index (χ4v) is 2.96. The van der Waals surface area contributed by atoms with Gasteiger partial charge in [0.15, 0.2) is 6.61 Å². The summed E-state index contributed by atoms with van der Waals surface area (Å²) in [6, 6.07) is 11.0.